The number of nitrogens with one attached hydrogen (secondary N) is 1. The average Bonchev–Trinajstić information content (AvgIpc) is 2.81. The molecule has 14 heavy (non-hydrogen) atoms. The second kappa shape index (κ2) is 3.84. The molecule has 80 valence electrons. The molecule has 2 bridgehead atoms. The van der Waals surface area contributed by atoms with Crippen LogP contribution in [0.5, 0.6) is 0 Å². The minimum atomic E-state index is 1.07. The quantitative estimate of drug-likeness (QED) is 0.711. The number of piperidine rings is 1. The third-order valence-corrected chi connectivity index (χ3v) is 4.98. The molecule has 3 fully saturated rings. The van der Waals surface area contributed by atoms with Crippen LogP contribution in [0.1, 0.15) is 44.9 Å². The van der Waals surface area contributed by atoms with Crippen molar-refractivity contribution >= 4 is 0 Å². The van der Waals surface area contributed by atoms with Gasteiger partial charge in [-0.25, -0.2) is 0 Å². The van der Waals surface area contributed by atoms with Crippen molar-refractivity contribution in [2.45, 2.75) is 44.9 Å². The van der Waals surface area contributed by atoms with Gasteiger partial charge in [-0.3, -0.25) is 0 Å². The fourth-order valence-electron chi connectivity index (χ4n) is 4.21. The summed E-state index contributed by atoms with van der Waals surface area (Å²) in [5.41, 5.74) is 0. The van der Waals surface area contributed by atoms with E-state index in [1.807, 2.05) is 0 Å². The standard InChI is InChI=1S/C13H23N/c1-2-12-8-11(1)9-13(12)7-10-3-5-14-6-4-10/h10-14H,1-9H2. The highest BCUT2D eigenvalue weighted by atomic mass is 14.9. The molecule has 3 aliphatic rings. The van der Waals surface area contributed by atoms with Crippen LogP contribution in [0.15, 0.2) is 0 Å². The first-order valence-electron chi connectivity index (χ1n) is 6.62. The molecule has 1 heterocycles. The molecule has 0 radical (unpaired) electrons. The van der Waals surface area contributed by atoms with Gasteiger partial charge in [0.15, 0.2) is 0 Å². The summed E-state index contributed by atoms with van der Waals surface area (Å²) in [7, 11) is 0. The molecule has 1 saturated heterocycles. The third-order valence-electron chi connectivity index (χ3n) is 4.98. The summed E-state index contributed by atoms with van der Waals surface area (Å²) >= 11 is 0. The van der Waals surface area contributed by atoms with E-state index in [2.05, 4.69) is 5.32 Å². The molecular weight excluding hydrogens is 170 g/mol. The second-order valence-corrected chi connectivity index (χ2v) is 5.86. The van der Waals surface area contributed by atoms with E-state index in [1.165, 1.54) is 25.9 Å². The van der Waals surface area contributed by atoms with Crippen LogP contribution in [0.4, 0.5) is 0 Å². The first kappa shape index (κ1) is 9.21. The van der Waals surface area contributed by atoms with E-state index in [9.17, 15) is 0 Å². The smallest absolute Gasteiger partial charge is 0.00463 e. The van der Waals surface area contributed by atoms with Gasteiger partial charge in [0.25, 0.3) is 0 Å². The Morgan fingerprint density at radius 3 is 2.43 bits per heavy atom. The summed E-state index contributed by atoms with van der Waals surface area (Å²) in [6, 6.07) is 0. The van der Waals surface area contributed by atoms with Gasteiger partial charge in [-0.1, -0.05) is 6.42 Å². The molecule has 0 aromatic heterocycles. The Morgan fingerprint density at radius 1 is 0.929 bits per heavy atom. The van der Waals surface area contributed by atoms with E-state index in [0.29, 0.717) is 0 Å². The third kappa shape index (κ3) is 1.71. The molecule has 2 saturated carbocycles. The Balaban J connectivity index is 1.52. The first-order valence-corrected chi connectivity index (χ1v) is 6.62. The topological polar surface area (TPSA) is 12.0 Å². The maximum atomic E-state index is 3.47. The number of rotatable bonds is 2. The van der Waals surface area contributed by atoms with Crippen molar-refractivity contribution in [1.82, 2.24) is 5.32 Å². The van der Waals surface area contributed by atoms with Crippen LogP contribution in [0.2, 0.25) is 0 Å². The Morgan fingerprint density at radius 2 is 1.79 bits per heavy atom. The molecule has 3 rings (SSSR count). The first-order chi connectivity index (χ1) is 6.92. The highest BCUT2D eigenvalue weighted by Crippen LogP contribution is 2.50. The fourth-order valence-corrected chi connectivity index (χ4v) is 4.21. The molecule has 3 atom stereocenters. The molecule has 1 heteroatoms. The van der Waals surface area contributed by atoms with Crippen molar-refractivity contribution in [3.63, 3.8) is 0 Å². The van der Waals surface area contributed by atoms with Gasteiger partial charge in [0.2, 0.25) is 0 Å². The Labute approximate surface area is 87.7 Å². The SMILES string of the molecule is C1CC(CC2CC3CCC2C3)CCN1. The van der Waals surface area contributed by atoms with Crippen molar-refractivity contribution in [2.75, 3.05) is 13.1 Å². The van der Waals surface area contributed by atoms with Crippen LogP contribution in [-0.4, -0.2) is 13.1 Å². The molecule has 1 aliphatic heterocycles. The summed E-state index contributed by atoms with van der Waals surface area (Å²) in [5.74, 6) is 4.50. The van der Waals surface area contributed by atoms with E-state index in [1.54, 1.807) is 32.1 Å². The van der Waals surface area contributed by atoms with E-state index >= 15 is 0 Å². The molecule has 0 amide bonds. The second-order valence-electron chi connectivity index (χ2n) is 5.86. The minimum Gasteiger partial charge on any atom is -0.317 e. The lowest BCUT2D eigenvalue weighted by molar-refractivity contribution is 0.236. The number of fused-ring (bicyclic) bond motifs is 2. The summed E-state index contributed by atoms with van der Waals surface area (Å²) in [6.07, 6.45) is 10.8. The number of hydrogen-bond donors (Lipinski definition) is 1. The van der Waals surface area contributed by atoms with Crippen molar-refractivity contribution < 1.29 is 0 Å². The fraction of sp³-hybridized carbons (Fsp3) is 1.00. The maximum absolute atomic E-state index is 3.47. The van der Waals surface area contributed by atoms with Crippen LogP contribution in [0, 0.1) is 23.7 Å². The van der Waals surface area contributed by atoms with E-state index in [4.69, 9.17) is 0 Å². The van der Waals surface area contributed by atoms with E-state index in [-0.39, 0.29) is 0 Å². The molecular formula is C13H23N. The molecule has 0 spiro atoms. The van der Waals surface area contributed by atoms with E-state index in [0.717, 1.165) is 23.7 Å². The largest absolute Gasteiger partial charge is 0.317 e. The minimum absolute atomic E-state index is 1.07. The lowest BCUT2D eigenvalue weighted by atomic mass is 9.79. The average molecular weight is 193 g/mol. The molecule has 1 N–H and O–H groups in total. The summed E-state index contributed by atoms with van der Waals surface area (Å²) in [4.78, 5) is 0. The lowest BCUT2D eigenvalue weighted by Crippen LogP contribution is -2.29. The highest BCUT2D eigenvalue weighted by Gasteiger charge is 2.39. The van der Waals surface area contributed by atoms with Crippen molar-refractivity contribution in [1.29, 1.82) is 0 Å². The normalized spacial score (nSPS) is 43.3. The van der Waals surface area contributed by atoms with Gasteiger partial charge in [0.05, 0.1) is 0 Å². The van der Waals surface area contributed by atoms with E-state index < -0.39 is 0 Å². The Hall–Kier alpha value is -0.0400. The zero-order valence-corrected chi connectivity index (χ0v) is 9.17. The van der Waals surface area contributed by atoms with Gasteiger partial charge in [0.1, 0.15) is 0 Å². The van der Waals surface area contributed by atoms with Crippen LogP contribution in [0.3, 0.4) is 0 Å². The summed E-state index contributed by atoms with van der Waals surface area (Å²) < 4.78 is 0. The van der Waals surface area contributed by atoms with Crippen molar-refractivity contribution in [2.24, 2.45) is 23.7 Å². The van der Waals surface area contributed by atoms with Gasteiger partial charge >= 0.3 is 0 Å². The zero-order chi connectivity index (χ0) is 9.38. The maximum Gasteiger partial charge on any atom is -0.00463 e. The summed E-state index contributed by atoms with van der Waals surface area (Å²) in [6.45, 7) is 2.57. The Kier molecular flexibility index (Phi) is 2.53. The van der Waals surface area contributed by atoms with Crippen molar-refractivity contribution in [3.8, 4) is 0 Å². The van der Waals surface area contributed by atoms with Gasteiger partial charge in [-0.15, -0.1) is 0 Å². The van der Waals surface area contributed by atoms with Gasteiger partial charge in [-0.05, 0) is 75.3 Å². The summed E-state index contributed by atoms with van der Waals surface area (Å²) in [5, 5.41) is 3.47. The van der Waals surface area contributed by atoms with Gasteiger partial charge in [-0.2, -0.15) is 0 Å². The molecule has 3 unspecified atom stereocenters. The molecule has 1 nitrogen and oxygen atoms in total. The molecule has 2 aliphatic carbocycles. The van der Waals surface area contributed by atoms with Crippen LogP contribution >= 0.6 is 0 Å². The predicted molar refractivity (Wildman–Crippen MR) is 59.1 cm³/mol. The zero-order valence-electron chi connectivity index (χ0n) is 9.17. The van der Waals surface area contributed by atoms with Gasteiger partial charge < -0.3 is 5.32 Å². The number of hydrogen-bond acceptors (Lipinski definition) is 1. The lowest BCUT2D eigenvalue weighted by Gasteiger charge is -2.29. The van der Waals surface area contributed by atoms with Crippen molar-refractivity contribution in [3.05, 3.63) is 0 Å². The Bertz CT molecular complexity index is 195. The highest BCUT2D eigenvalue weighted by molar-refractivity contribution is 4.91. The van der Waals surface area contributed by atoms with Gasteiger partial charge in [0, 0.05) is 0 Å². The van der Waals surface area contributed by atoms with Crippen LogP contribution in [-0.2, 0) is 0 Å². The van der Waals surface area contributed by atoms with Crippen LogP contribution < -0.4 is 5.32 Å². The molecule has 0 aromatic carbocycles. The molecule has 0 aromatic rings. The monoisotopic (exact) mass is 193 g/mol. The van der Waals surface area contributed by atoms with Crippen LogP contribution in [0.25, 0.3) is 0 Å². The predicted octanol–water partition coefficient (Wildman–Crippen LogP) is 2.81.